The lowest BCUT2D eigenvalue weighted by atomic mass is 9.81. The fourth-order valence-corrected chi connectivity index (χ4v) is 3.91. The van der Waals surface area contributed by atoms with Gasteiger partial charge in [-0.15, -0.1) is 0 Å². The number of rotatable bonds is 3. The first kappa shape index (κ1) is 17.4. The fraction of sp³-hybridized carbons (Fsp3) is 0.200. The van der Waals surface area contributed by atoms with E-state index in [0.717, 1.165) is 30.4 Å². The van der Waals surface area contributed by atoms with Crippen LogP contribution in [0.3, 0.4) is 0 Å². The van der Waals surface area contributed by atoms with Crippen LogP contribution in [-0.2, 0) is 6.42 Å². The Hall–Kier alpha value is -2.98. The van der Waals surface area contributed by atoms with Gasteiger partial charge in [0.2, 0.25) is 5.88 Å². The average Bonchev–Trinajstić information content (AvgIpc) is 3.00. The topological polar surface area (TPSA) is 79.8 Å². The molecule has 1 aromatic heterocycles. The molecule has 0 bridgehead atoms. The van der Waals surface area contributed by atoms with Gasteiger partial charge in [0.1, 0.15) is 11.5 Å². The van der Waals surface area contributed by atoms with E-state index in [1.807, 2.05) is 18.2 Å². The van der Waals surface area contributed by atoms with E-state index in [2.05, 4.69) is 25.8 Å². The predicted molar refractivity (Wildman–Crippen MR) is 103 cm³/mol. The number of halogens is 1. The Morgan fingerprint density at radius 3 is 2.85 bits per heavy atom. The number of aryl methyl sites for hydroxylation is 1. The third kappa shape index (κ3) is 3.36. The van der Waals surface area contributed by atoms with E-state index in [-0.39, 0.29) is 17.6 Å². The van der Waals surface area contributed by atoms with E-state index in [0.29, 0.717) is 21.7 Å². The number of fused-ring (bicyclic) bond motifs is 1. The highest BCUT2D eigenvalue weighted by Gasteiger charge is 2.28. The molecule has 0 saturated carbocycles. The van der Waals surface area contributed by atoms with E-state index >= 15 is 0 Å². The number of oxazole rings is 1. The zero-order valence-corrected chi connectivity index (χ0v) is 15.7. The van der Waals surface area contributed by atoms with Gasteiger partial charge in [-0.2, -0.15) is 0 Å². The maximum atomic E-state index is 11.4. The summed E-state index contributed by atoms with van der Waals surface area (Å²) < 4.78 is 11.8. The van der Waals surface area contributed by atoms with Crippen LogP contribution in [0.2, 0.25) is 0 Å². The lowest BCUT2D eigenvalue weighted by molar-refractivity contribution is 0.394. The lowest BCUT2D eigenvalue weighted by Gasteiger charge is -2.24. The van der Waals surface area contributed by atoms with E-state index in [4.69, 9.17) is 15.7 Å². The summed E-state index contributed by atoms with van der Waals surface area (Å²) >= 11 is 3.43. The molecule has 1 aliphatic rings. The number of aromatic nitrogens is 1. The number of nitrogens with zero attached hydrogens (tertiary/aromatic N) is 1. The van der Waals surface area contributed by atoms with Gasteiger partial charge < -0.3 is 14.3 Å². The van der Waals surface area contributed by atoms with E-state index in [1.165, 1.54) is 0 Å². The Balaban J connectivity index is 1.65. The summed E-state index contributed by atoms with van der Waals surface area (Å²) in [4.78, 5) is 17.0. The van der Waals surface area contributed by atoms with Crippen molar-refractivity contribution in [1.29, 1.82) is 0 Å². The summed E-state index contributed by atoms with van der Waals surface area (Å²) in [5.74, 6) is 0.581. The van der Waals surface area contributed by atoms with E-state index < -0.39 is 5.76 Å². The van der Waals surface area contributed by atoms with Gasteiger partial charge in [-0.25, -0.2) is 9.64 Å². The molecule has 0 aliphatic heterocycles. The van der Waals surface area contributed by atoms with Crippen LogP contribution in [0.25, 0.3) is 4.85 Å². The van der Waals surface area contributed by atoms with Crippen molar-refractivity contribution in [2.75, 3.05) is 0 Å². The molecule has 0 fully saturated rings. The SMILES string of the molecule is [C-]#[N+]c1ccc(Oc2ccc3c(c2)CCC[C@H]3c2oc(=O)[nH]c2O)c(Br)c1. The minimum absolute atomic E-state index is 0.161. The summed E-state index contributed by atoms with van der Waals surface area (Å²) in [5, 5.41) is 9.93. The third-order valence-electron chi connectivity index (χ3n) is 4.67. The van der Waals surface area contributed by atoms with Crippen LogP contribution in [0, 0.1) is 6.57 Å². The van der Waals surface area contributed by atoms with Crippen LogP contribution < -0.4 is 10.5 Å². The second-order valence-electron chi connectivity index (χ2n) is 6.36. The molecule has 0 unspecified atom stereocenters. The highest BCUT2D eigenvalue weighted by Crippen LogP contribution is 2.41. The van der Waals surface area contributed by atoms with Crippen LogP contribution in [0.4, 0.5) is 5.69 Å². The van der Waals surface area contributed by atoms with Gasteiger partial charge in [0, 0.05) is 10.4 Å². The van der Waals surface area contributed by atoms with Crippen molar-refractivity contribution in [1.82, 2.24) is 4.98 Å². The second-order valence-corrected chi connectivity index (χ2v) is 7.22. The molecular formula is C20H15BrN2O4. The van der Waals surface area contributed by atoms with Gasteiger partial charge >= 0.3 is 5.76 Å². The first-order valence-electron chi connectivity index (χ1n) is 8.45. The molecule has 1 heterocycles. The molecule has 0 amide bonds. The smallest absolute Gasteiger partial charge is 0.419 e. The van der Waals surface area contributed by atoms with Crippen molar-refractivity contribution in [3.8, 4) is 17.4 Å². The summed E-state index contributed by atoms with van der Waals surface area (Å²) in [7, 11) is 0. The lowest BCUT2D eigenvalue weighted by Crippen LogP contribution is -2.11. The molecule has 2 N–H and O–H groups in total. The monoisotopic (exact) mass is 426 g/mol. The molecule has 4 rings (SSSR count). The van der Waals surface area contributed by atoms with Gasteiger partial charge in [0.15, 0.2) is 11.4 Å². The van der Waals surface area contributed by atoms with Crippen LogP contribution in [0.5, 0.6) is 17.4 Å². The Morgan fingerprint density at radius 1 is 1.30 bits per heavy atom. The van der Waals surface area contributed by atoms with Gasteiger partial charge in [0.25, 0.3) is 0 Å². The summed E-state index contributed by atoms with van der Waals surface area (Å²) in [5.41, 5.74) is 2.66. The van der Waals surface area contributed by atoms with Crippen molar-refractivity contribution in [2.45, 2.75) is 25.2 Å². The average molecular weight is 427 g/mol. The molecule has 2 aromatic carbocycles. The second kappa shape index (κ2) is 6.97. The number of hydrogen-bond donors (Lipinski definition) is 2. The van der Waals surface area contributed by atoms with Crippen LogP contribution in [0.15, 0.2) is 50.1 Å². The number of ether oxygens (including phenoxy) is 1. The molecule has 27 heavy (non-hydrogen) atoms. The third-order valence-corrected chi connectivity index (χ3v) is 5.29. The molecule has 0 spiro atoms. The Morgan fingerprint density at radius 2 is 2.15 bits per heavy atom. The maximum absolute atomic E-state index is 11.4. The van der Waals surface area contributed by atoms with Crippen molar-refractivity contribution < 1.29 is 14.3 Å². The van der Waals surface area contributed by atoms with Gasteiger partial charge in [-0.1, -0.05) is 12.1 Å². The molecule has 1 atom stereocenters. The Kier molecular flexibility index (Phi) is 4.50. The van der Waals surface area contributed by atoms with Crippen LogP contribution >= 0.6 is 15.9 Å². The number of aromatic amines is 1. The quantitative estimate of drug-likeness (QED) is 0.560. The normalized spacial score (nSPS) is 15.8. The molecule has 3 aromatic rings. The number of nitrogens with one attached hydrogen (secondary N) is 1. The molecular weight excluding hydrogens is 412 g/mol. The minimum Gasteiger partial charge on any atom is -0.492 e. The Bertz CT molecular complexity index is 1110. The molecule has 1 aliphatic carbocycles. The van der Waals surface area contributed by atoms with Crippen molar-refractivity contribution in [3.63, 3.8) is 0 Å². The van der Waals surface area contributed by atoms with E-state index in [1.54, 1.807) is 18.2 Å². The fourth-order valence-electron chi connectivity index (χ4n) is 3.46. The zero-order valence-electron chi connectivity index (χ0n) is 14.2. The predicted octanol–water partition coefficient (Wildman–Crippen LogP) is 5.25. The molecule has 136 valence electrons. The maximum Gasteiger partial charge on any atom is 0.419 e. The first-order valence-corrected chi connectivity index (χ1v) is 9.24. The Labute approximate surface area is 163 Å². The first-order chi connectivity index (χ1) is 13.0. The van der Waals surface area contributed by atoms with Gasteiger partial charge in [-0.3, -0.25) is 4.98 Å². The van der Waals surface area contributed by atoms with Gasteiger partial charge in [0.05, 0.1) is 6.57 Å². The molecule has 0 saturated heterocycles. The standard InChI is InChI=1S/C20H15BrN2O4/c1-22-12-5-8-17(16(21)10-12)26-13-6-7-14-11(9-13)3-2-4-15(14)18-19(24)23-20(25)27-18/h5-10,15,24H,2-4H2,(H,23,25)/t15-/m1/s1. The molecule has 7 heteroatoms. The van der Waals surface area contributed by atoms with Gasteiger partial charge in [-0.05, 0) is 70.6 Å². The summed E-state index contributed by atoms with van der Waals surface area (Å²) in [6.45, 7) is 7.06. The van der Waals surface area contributed by atoms with Crippen LogP contribution in [-0.4, -0.2) is 10.1 Å². The molecule has 0 radical (unpaired) electrons. The van der Waals surface area contributed by atoms with Crippen molar-refractivity contribution in [3.05, 3.63) is 79.7 Å². The summed E-state index contributed by atoms with van der Waals surface area (Å²) in [6, 6.07) is 11.0. The number of aromatic hydroxyl groups is 1. The largest absolute Gasteiger partial charge is 0.492 e. The minimum atomic E-state index is -0.651. The number of hydrogen-bond acceptors (Lipinski definition) is 4. The summed E-state index contributed by atoms with van der Waals surface area (Å²) in [6.07, 6.45) is 2.60. The zero-order chi connectivity index (χ0) is 19.0. The highest BCUT2D eigenvalue weighted by molar-refractivity contribution is 9.10. The van der Waals surface area contributed by atoms with E-state index in [9.17, 15) is 9.90 Å². The van der Waals surface area contributed by atoms with Crippen LogP contribution in [0.1, 0.15) is 35.6 Å². The van der Waals surface area contributed by atoms with Crippen molar-refractivity contribution in [2.24, 2.45) is 0 Å². The highest BCUT2D eigenvalue weighted by atomic mass is 79.9. The number of H-pyrrole nitrogens is 1. The molecule has 6 nitrogen and oxygen atoms in total. The number of benzene rings is 2. The van der Waals surface area contributed by atoms with Crippen molar-refractivity contribution >= 4 is 21.6 Å².